The first-order valence-corrected chi connectivity index (χ1v) is 4.71. The average molecular weight is 181 g/mol. The van der Waals surface area contributed by atoms with Gasteiger partial charge in [-0.25, -0.2) is 0 Å². The van der Waals surface area contributed by atoms with Gasteiger partial charge in [-0.05, 0) is 0 Å². The number of hydrogen-bond donors (Lipinski definition) is 2. The molecular formula is C4H7NO3S2. The van der Waals surface area contributed by atoms with Crippen molar-refractivity contribution in [2.24, 2.45) is 0 Å². The van der Waals surface area contributed by atoms with E-state index in [-0.39, 0.29) is 11.7 Å². The van der Waals surface area contributed by atoms with Crippen molar-refractivity contribution in [1.82, 2.24) is 4.72 Å². The zero-order valence-corrected chi connectivity index (χ0v) is 6.92. The molecule has 0 spiro atoms. The van der Waals surface area contributed by atoms with Crippen LogP contribution in [0.3, 0.4) is 0 Å². The lowest BCUT2D eigenvalue weighted by atomic mass is 10.8. The molecule has 10 heavy (non-hydrogen) atoms. The standard InChI is InChI=1S/C4H7NO3S2/c1-3(6)5-10-9-2-4(7)8/h2H2,1H3,(H,5,6)(H,7,8). The summed E-state index contributed by atoms with van der Waals surface area (Å²) in [6, 6.07) is 0. The number of rotatable bonds is 4. The fourth-order valence-electron chi connectivity index (χ4n) is 0.168. The smallest absolute Gasteiger partial charge is 0.314 e. The van der Waals surface area contributed by atoms with Gasteiger partial charge in [-0.3, -0.25) is 14.3 Å². The number of aliphatic carboxylic acids is 1. The molecule has 0 aromatic rings. The summed E-state index contributed by atoms with van der Waals surface area (Å²) in [6.45, 7) is 1.37. The number of carboxylic acids is 1. The van der Waals surface area contributed by atoms with E-state index in [2.05, 4.69) is 4.72 Å². The van der Waals surface area contributed by atoms with E-state index in [9.17, 15) is 9.59 Å². The van der Waals surface area contributed by atoms with Gasteiger partial charge in [-0.1, -0.05) is 10.8 Å². The third-order valence-corrected chi connectivity index (χ3v) is 2.24. The van der Waals surface area contributed by atoms with Crippen molar-refractivity contribution < 1.29 is 14.7 Å². The molecule has 0 aliphatic carbocycles. The molecule has 0 heterocycles. The van der Waals surface area contributed by atoms with Crippen LogP contribution in [0.5, 0.6) is 0 Å². The van der Waals surface area contributed by atoms with Gasteiger partial charge >= 0.3 is 5.97 Å². The Kier molecular flexibility index (Phi) is 5.23. The normalized spacial score (nSPS) is 8.90. The molecule has 0 radical (unpaired) electrons. The minimum atomic E-state index is -0.886. The zero-order valence-electron chi connectivity index (χ0n) is 5.29. The van der Waals surface area contributed by atoms with Gasteiger partial charge in [0.1, 0.15) is 5.75 Å². The van der Waals surface area contributed by atoms with Crippen molar-refractivity contribution in [1.29, 1.82) is 0 Å². The number of carboxylic acid groups (broad SMARTS) is 1. The van der Waals surface area contributed by atoms with Crippen molar-refractivity contribution in [3.63, 3.8) is 0 Å². The van der Waals surface area contributed by atoms with Crippen LogP contribution in [0.4, 0.5) is 0 Å². The van der Waals surface area contributed by atoms with Gasteiger partial charge in [-0.15, -0.1) is 0 Å². The van der Waals surface area contributed by atoms with E-state index in [0.717, 1.165) is 21.8 Å². The highest BCUT2D eigenvalue weighted by Gasteiger charge is 1.97. The van der Waals surface area contributed by atoms with Gasteiger partial charge in [0, 0.05) is 17.9 Å². The van der Waals surface area contributed by atoms with Gasteiger partial charge in [0.15, 0.2) is 0 Å². The van der Waals surface area contributed by atoms with Crippen LogP contribution in [0, 0.1) is 0 Å². The summed E-state index contributed by atoms with van der Waals surface area (Å²) in [7, 11) is 2.10. The Morgan fingerprint density at radius 1 is 1.60 bits per heavy atom. The minimum Gasteiger partial charge on any atom is -0.481 e. The second-order valence-corrected chi connectivity index (χ2v) is 3.50. The Morgan fingerprint density at radius 3 is 2.60 bits per heavy atom. The van der Waals surface area contributed by atoms with Crippen molar-refractivity contribution in [3.05, 3.63) is 0 Å². The van der Waals surface area contributed by atoms with Gasteiger partial charge in [0.25, 0.3) is 0 Å². The molecule has 4 nitrogen and oxygen atoms in total. The monoisotopic (exact) mass is 181 g/mol. The van der Waals surface area contributed by atoms with Crippen LogP contribution in [0.2, 0.25) is 0 Å². The molecule has 0 fully saturated rings. The molecule has 0 saturated heterocycles. The van der Waals surface area contributed by atoms with E-state index in [1.54, 1.807) is 0 Å². The highest BCUT2D eigenvalue weighted by Crippen LogP contribution is 2.15. The molecular weight excluding hydrogens is 174 g/mol. The quantitative estimate of drug-likeness (QED) is 0.375. The van der Waals surface area contributed by atoms with Crippen LogP contribution >= 0.6 is 21.8 Å². The molecule has 0 bridgehead atoms. The number of carbonyl (C=O) groups is 2. The Morgan fingerprint density at radius 2 is 2.20 bits per heavy atom. The third kappa shape index (κ3) is 7.64. The van der Waals surface area contributed by atoms with Crippen LogP contribution in [-0.2, 0) is 9.59 Å². The molecule has 0 aliphatic heterocycles. The molecule has 6 heteroatoms. The molecule has 0 aromatic carbocycles. The van der Waals surface area contributed by atoms with Crippen molar-refractivity contribution in [3.8, 4) is 0 Å². The Labute approximate surface area is 66.3 Å². The largest absolute Gasteiger partial charge is 0.481 e. The van der Waals surface area contributed by atoms with E-state index in [1.807, 2.05) is 0 Å². The van der Waals surface area contributed by atoms with E-state index in [4.69, 9.17) is 5.11 Å². The maximum atomic E-state index is 10.2. The summed E-state index contributed by atoms with van der Waals surface area (Å²) in [5.41, 5.74) is 0. The van der Waals surface area contributed by atoms with Crippen LogP contribution in [0.25, 0.3) is 0 Å². The molecule has 0 unspecified atom stereocenters. The highest BCUT2D eigenvalue weighted by molar-refractivity contribution is 8.76. The van der Waals surface area contributed by atoms with Gasteiger partial charge in [0.2, 0.25) is 5.91 Å². The number of carbonyl (C=O) groups excluding carboxylic acids is 1. The molecule has 0 saturated carbocycles. The third-order valence-electron chi connectivity index (χ3n) is 0.427. The number of amides is 1. The molecule has 58 valence electrons. The predicted molar refractivity (Wildman–Crippen MR) is 41.5 cm³/mol. The fraction of sp³-hybridized carbons (Fsp3) is 0.500. The molecule has 2 N–H and O–H groups in total. The summed E-state index contributed by atoms with van der Waals surface area (Å²) in [4.78, 5) is 20.1. The van der Waals surface area contributed by atoms with Crippen LogP contribution < -0.4 is 4.72 Å². The highest BCUT2D eigenvalue weighted by atomic mass is 33.1. The Balaban J connectivity index is 3.06. The van der Waals surface area contributed by atoms with E-state index >= 15 is 0 Å². The maximum absolute atomic E-state index is 10.2. The molecule has 0 rings (SSSR count). The summed E-state index contributed by atoms with van der Waals surface area (Å²) in [5.74, 6) is -1.07. The second-order valence-electron chi connectivity index (χ2n) is 1.40. The molecule has 0 aliphatic rings. The molecule has 1 amide bonds. The van der Waals surface area contributed by atoms with Crippen LogP contribution in [0.15, 0.2) is 0 Å². The van der Waals surface area contributed by atoms with Gasteiger partial charge in [-0.2, -0.15) is 0 Å². The van der Waals surface area contributed by atoms with Gasteiger partial charge < -0.3 is 5.11 Å². The predicted octanol–water partition coefficient (Wildman–Crippen LogP) is 0.504. The number of hydrogen-bond acceptors (Lipinski definition) is 4. The first-order chi connectivity index (χ1) is 4.63. The summed E-state index contributed by atoms with van der Waals surface area (Å²) in [6.07, 6.45) is 0. The number of nitrogens with one attached hydrogen (secondary N) is 1. The van der Waals surface area contributed by atoms with E-state index < -0.39 is 5.97 Å². The second kappa shape index (κ2) is 5.43. The first kappa shape index (κ1) is 9.64. The van der Waals surface area contributed by atoms with Crippen LogP contribution in [-0.4, -0.2) is 22.7 Å². The minimum absolute atomic E-state index is 0.00898. The lowest BCUT2D eigenvalue weighted by Crippen LogP contribution is -2.09. The molecule has 0 atom stereocenters. The lowest BCUT2D eigenvalue weighted by Gasteiger charge is -1.95. The summed E-state index contributed by atoms with van der Waals surface area (Å²) < 4.78 is 2.38. The van der Waals surface area contributed by atoms with Crippen LogP contribution in [0.1, 0.15) is 6.92 Å². The van der Waals surface area contributed by atoms with E-state index in [1.165, 1.54) is 6.92 Å². The van der Waals surface area contributed by atoms with Crippen molar-refractivity contribution in [2.75, 3.05) is 5.75 Å². The summed E-state index contributed by atoms with van der Waals surface area (Å²) >= 11 is 0. The van der Waals surface area contributed by atoms with Gasteiger partial charge in [0.05, 0.1) is 0 Å². The lowest BCUT2D eigenvalue weighted by molar-refractivity contribution is -0.133. The first-order valence-electron chi connectivity index (χ1n) is 2.39. The maximum Gasteiger partial charge on any atom is 0.314 e. The summed E-state index contributed by atoms with van der Waals surface area (Å²) in [5, 5.41) is 8.13. The Hall–Kier alpha value is -0.360. The zero-order chi connectivity index (χ0) is 7.98. The van der Waals surface area contributed by atoms with Crippen molar-refractivity contribution >= 4 is 33.7 Å². The SMILES string of the molecule is CC(=O)NSSCC(=O)O. The van der Waals surface area contributed by atoms with E-state index in [0.29, 0.717) is 0 Å². The van der Waals surface area contributed by atoms with Crippen molar-refractivity contribution in [2.45, 2.75) is 6.92 Å². The topological polar surface area (TPSA) is 66.4 Å². The molecule has 0 aromatic heterocycles. The average Bonchev–Trinajstić information content (AvgIpc) is 1.79. The Bertz CT molecular complexity index is 122. The fourth-order valence-corrected chi connectivity index (χ4v) is 1.51.